The van der Waals surface area contributed by atoms with Gasteiger partial charge in [0, 0.05) is 20.3 Å². The molecular formula is C11H13N5O3. The molecule has 0 aliphatic heterocycles. The van der Waals surface area contributed by atoms with E-state index in [1.54, 1.807) is 14.0 Å². The highest BCUT2D eigenvalue weighted by molar-refractivity contribution is 5.93. The van der Waals surface area contributed by atoms with Gasteiger partial charge in [0.25, 0.3) is 5.91 Å². The smallest absolute Gasteiger partial charge is 0.341 e. The summed E-state index contributed by atoms with van der Waals surface area (Å²) < 4.78 is 2.74. The molecule has 19 heavy (non-hydrogen) atoms. The first-order chi connectivity index (χ1) is 8.95. The first kappa shape index (κ1) is 12.8. The molecule has 0 atom stereocenters. The Labute approximate surface area is 108 Å². The number of hydrogen-bond donors (Lipinski definition) is 2. The van der Waals surface area contributed by atoms with Crippen molar-refractivity contribution in [2.45, 2.75) is 6.92 Å². The number of aromatic nitrogens is 4. The monoisotopic (exact) mass is 263 g/mol. The van der Waals surface area contributed by atoms with Gasteiger partial charge in [-0.2, -0.15) is 10.2 Å². The van der Waals surface area contributed by atoms with E-state index in [-0.39, 0.29) is 17.2 Å². The first-order valence-electron chi connectivity index (χ1n) is 5.50. The number of carboxylic acid groups (broad SMARTS) is 1. The van der Waals surface area contributed by atoms with E-state index in [1.165, 1.54) is 28.7 Å². The molecular weight excluding hydrogens is 250 g/mol. The molecule has 0 saturated carbocycles. The van der Waals surface area contributed by atoms with E-state index in [1.807, 2.05) is 0 Å². The van der Waals surface area contributed by atoms with Crippen molar-refractivity contribution in [2.75, 3.05) is 7.05 Å². The molecule has 0 aliphatic carbocycles. The summed E-state index contributed by atoms with van der Waals surface area (Å²) >= 11 is 0. The summed E-state index contributed by atoms with van der Waals surface area (Å²) in [7, 11) is 3.12. The summed E-state index contributed by atoms with van der Waals surface area (Å²) in [4.78, 5) is 22.7. The van der Waals surface area contributed by atoms with Crippen LogP contribution in [0.1, 0.15) is 26.5 Å². The van der Waals surface area contributed by atoms with Gasteiger partial charge in [0.05, 0.1) is 5.69 Å². The Bertz CT molecular complexity index is 655. The zero-order chi connectivity index (χ0) is 14.2. The summed E-state index contributed by atoms with van der Waals surface area (Å²) in [5.74, 6) is -1.12. The third kappa shape index (κ3) is 2.07. The first-order valence-corrected chi connectivity index (χ1v) is 5.50. The van der Waals surface area contributed by atoms with Gasteiger partial charge >= 0.3 is 5.97 Å². The van der Waals surface area contributed by atoms with E-state index in [0.717, 1.165) is 0 Å². The number of rotatable bonds is 3. The summed E-state index contributed by atoms with van der Waals surface area (Å²) in [5, 5.41) is 19.8. The van der Waals surface area contributed by atoms with Crippen LogP contribution in [0.15, 0.2) is 12.3 Å². The third-order valence-corrected chi connectivity index (χ3v) is 2.67. The van der Waals surface area contributed by atoms with Crippen LogP contribution in [0.2, 0.25) is 0 Å². The molecule has 2 heterocycles. The second-order valence-corrected chi connectivity index (χ2v) is 3.94. The van der Waals surface area contributed by atoms with Crippen LogP contribution in [-0.4, -0.2) is 43.6 Å². The zero-order valence-corrected chi connectivity index (χ0v) is 10.7. The number of aryl methyl sites for hydroxylation is 2. The molecule has 0 unspecified atom stereocenters. The van der Waals surface area contributed by atoms with Crippen molar-refractivity contribution >= 4 is 11.9 Å². The van der Waals surface area contributed by atoms with Gasteiger partial charge < -0.3 is 10.4 Å². The molecule has 2 N–H and O–H groups in total. The molecule has 8 heteroatoms. The normalized spacial score (nSPS) is 10.5. The highest BCUT2D eigenvalue weighted by Gasteiger charge is 2.22. The number of nitrogens with one attached hydrogen (secondary N) is 1. The lowest BCUT2D eigenvalue weighted by molar-refractivity contribution is 0.0695. The Hall–Kier alpha value is -2.64. The van der Waals surface area contributed by atoms with Gasteiger partial charge in [0.15, 0.2) is 11.5 Å². The van der Waals surface area contributed by atoms with Crippen LogP contribution in [0.25, 0.3) is 5.82 Å². The van der Waals surface area contributed by atoms with Gasteiger partial charge in [-0.15, -0.1) is 0 Å². The lowest BCUT2D eigenvalue weighted by atomic mass is 10.2. The summed E-state index contributed by atoms with van der Waals surface area (Å²) in [6.45, 7) is 1.61. The van der Waals surface area contributed by atoms with Gasteiger partial charge in [-0.1, -0.05) is 0 Å². The predicted octanol–water partition coefficient (Wildman–Crippen LogP) is -0.0280. The quantitative estimate of drug-likeness (QED) is 0.809. The van der Waals surface area contributed by atoms with Gasteiger partial charge in [-0.3, -0.25) is 4.79 Å². The largest absolute Gasteiger partial charge is 0.477 e. The van der Waals surface area contributed by atoms with Crippen molar-refractivity contribution in [1.29, 1.82) is 0 Å². The van der Waals surface area contributed by atoms with Gasteiger partial charge in [-0.05, 0) is 13.0 Å². The van der Waals surface area contributed by atoms with Crippen LogP contribution in [0.3, 0.4) is 0 Å². The van der Waals surface area contributed by atoms with Crippen molar-refractivity contribution in [2.24, 2.45) is 7.05 Å². The van der Waals surface area contributed by atoms with E-state index in [4.69, 9.17) is 0 Å². The fraction of sp³-hybridized carbons (Fsp3) is 0.273. The minimum absolute atomic E-state index is 0.0639. The van der Waals surface area contributed by atoms with Crippen molar-refractivity contribution in [1.82, 2.24) is 24.9 Å². The van der Waals surface area contributed by atoms with E-state index >= 15 is 0 Å². The van der Waals surface area contributed by atoms with Crippen LogP contribution in [0.4, 0.5) is 0 Å². The molecule has 0 radical (unpaired) electrons. The standard InChI is InChI=1S/C11H13N5O3/c1-6-8(11(18)19)10(15(3)13-6)16-5-4-7(14-16)9(17)12-2/h4-5H,1-3H3,(H,12,17)(H,18,19). The number of hydrogen-bond acceptors (Lipinski definition) is 4. The third-order valence-electron chi connectivity index (χ3n) is 2.67. The molecule has 0 fully saturated rings. The lowest BCUT2D eigenvalue weighted by Gasteiger charge is -2.03. The van der Waals surface area contributed by atoms with E-state index in [2.05, 4.69) is 15.5 Å². The number of aromatic carboxylic acids is 1. The van der Waals surface area contributed by atoms with Crippen LogP contribution < -0.4 is 5.32 Å². The topological polar surface area (TPSA) is 102 Å². The fourth-order valence-corrected chi connectivity index (χ4v) is 1.85. The number of nitrogens with zero attached hydrogens (tertiary/aromatic N) is 4. The van der Waals surface area contributed by atoms with Crippen LogP contribution >= 0.6 is 0 Å². The molecule has 100 valence electrons. The second-order valence-electron chi connectivity index (χ2n) is 3.94. The number of carboxylic acids is 1. The van der Waals surface area contributed by atoms with Crippen molar-refractivity contribution in [3.63, 3.8) is 0 Å². The molecule has 0 saturated heterocycles. The molecule has 0 aromatic carbocycles. The van der Waals surface area contributed by atoms with E-state index in [9.17, 15) is 14.7 Å². The summed E-state index contributed by atoms with van der Waals surface area (Å²) in [6, 6.07) is 1.51. The maximum atomic E-state index is 11.4. The maximum absolute atomic E-state index is 11.4. The van der Waals surface area contributed by atoms with Crippen molar-refractivity contribution in [3.8, 4) is 5.82 Å². The van der Waals surface area contributed by atoms with Crippen molar-refractivity contribution in [3.05, 3.63) is 29.2 Å². The number of carbonyl (C=O) groups is 2. The molecule has 2 aromatic heterocycles. The average molecular weight is 263 g/mol. The average Bonchev–Trinajstić information content (AvgIpc) is 2.92. The molecule has 0 aliphatic rings. The maximum Gasteiger partial charge on any atom is 0.341 e. The van der Waals surface area contributed by atoms with Gasteiger partial charge in [0.1, 0.15) is 5.56 Å². The molecule has 2 aromatic rings. The van der Waals surface area contributed by atoms with Gasteiger partial charge in [-0.25, -0.2) is 14.2 Å². The van der Waals surface area contributed by atoms with Crippen LogP contribution in [-0.2, 0) is 7.05 Å². The fourth-order valence-electron chi connectivity index (χ4n) is 1.85. The Kier molecular flexibility index (Phi) is 3.07. The van der Waals surface area contributed by atoms with E-state index in [0.29, 0.717) is 11.5 Å². The minimum Gasteiger partial charge on any atom is -0.477 e. The number of carbonyl (C=O) groups excluding carboxylic acids is 1. The van der Waals surface area contributed by atoms with Gasteiger partial charge in [0.2, 0.25) is 0 Å². The van der Waals surface area contributed by atoms with Crippen LogP contribution in [0, 0.1) is 6.92 Å². The Morgan fingerprint density at radius 3 is 2.63 bits per heavy atom. The molecule has 1 amide bonds. The second kappa shape index (κ2) is 4.56. The molecule has 0 bridgehead atoms. The van der Waals surface area contributed by atoms with E-state index < -0.39 is 5.97 Å². The minimum atomic E-state index is -1.09. The molecule has 8 nitrogen and oxygen atoms in total. The molecule has 2 rings (SSSR count). The SMILES string of the molecule is CNC(=O)c1ccn(-c2c(C(=O)O)c(C)nn2C)n1. The predicted molar refractivity (Wildman–Crippen MR) is 65.4 cm³/mol. The van der Waals surface area contributed by atoms with Crippen LogP contribution in [0.5, 0.6) is 0 Å². The highest BCUT2D eigenvalue weighted by atomic mass is 16.4. The Morgan fingerprint density at radius 2 is 2.05 bits per heavy atom. The highest BCUT2D eigenvalue weighted by Crippen LogP contribution is 2.17. The zero-order valence-electron chi connectivity index (χ0n) is 10.7. The Morgan fingerprint density at radius 1 is 1.37 bits per heavy atom. The number of amides is 1. The molecule has 0 spiro atoms. The summed E-state index contributed by atoms with van der Waals surface area (Å²) in [6.07, 6.45) is 1.52. The Balaban J connectivity index is 2.56. The lowest BCUT2D eigenvalue weighted by Crippen LogP contribution is -2.19. The van der Waals surface area contributed by atoms with Crippen molar-refractivity contribution < 1.29 is 14.7 Å². The summed E-state index contributed by atoms with van der Waals surface area (Å²) in [5.41, 5.74) is 0.661.